The predicted molar refractivity (Wildman–Crippen MR) is 90.7 cm³/mol. The number of anilines is 1. The molecule has 0 unspecified atom stereocenters. The zero-order valence-corrected chi connectivity index (χ0v) is 13.6. The predicted octanol–water partition coefficient (Wildman–Crippen LogP) is 0.930. The summed E-state index contributed by atoms with van der Waals surface area (Å²) >= 11 is 0. The van der Waals surface area contributed by atoms with Crippen molar-refractivity contribution in [3.05, 3.63) is 24.4 Å². The van der Waals surface area contributed by atoms with Crippen LogP contribution in [0.5, 0.6) is 5.88 Å². The van der Waals surface area contributed by atoms with E-state index in [2.05, 4.69) is 20.2 Å². The molecule has 1 amide bonds. The lowest BCUT2D eigenvalue weighted by Crippen LogP contribution is -2.43. The lowest BCUT2D eigenvalue weighted by molar-refractivity contribution is -0.120. The fraction of sp³-hybridized carbons (Fsp3) is 0.438. The number of nitrogens with zero attached hydrogens (tertiary/aromatic N) is 3. The maximum absolute atomic E-state index is 10.7. The van der Waals surface area contributed by atoms with Crippen LogP contribution in [0.3, 0.4) is 0 Å². The van der Waals surface area contributed by atoms with Crippen molar-refractivity contribution in [1.29, 1.82) is 0 Å². The molecule has 0 radical (unpaired) electrons. The van der Waals surface area contributed by atoms with Gasteiger partial charge in [-0.3, -0.25) is 4.79 Å². The normalized spacial score (nSPS) is 14.1. The number of hydrogen-bond acceptors (Lipinski definition) is 6. The molecule has 3 N–H and O–H groups in total. The maximum atomic E-state index is 10.7. The van der Waals surface area contributed by atoms with E-state index in [1.807, 2.05) is 26.0 Å². The topological polar surface area (TPSA) is 93.4 Å². The highest BCUT2D eigenvalue weighted by Gasteiger charge is 2.15. The molecule has 7 heteroatoms. The molecule has 0 bridgehead atoms. The van der Waals surface area contributed by atoms with E-state index >= 15 is 0 Å². The zero-order chi connectivity index (χ0) is 16.7. The van der Waals surface area contributed by atoms with E-state index in [0.717, 1.165) is 42.9 Å². The number of piperazine rings is 1. The summed E-state index contributed by atoms with van der Waals surface area (Å²) in [6, 6.07) is 5.49. The first-order valence-corrected chi connectivity index (χ1v) is 7.86. The highest BCUT2D eigenvalue weighted by molar-refractivity contribution is 5.89. The van der Waals surface area contributed by atoms with Crippen LogP contribution in [0, 0.1) is 0 Å². The number of ether oxygens (including phenoxy) is 1. The van der Waals surface area contributed by atoms with Gasteiger partial charge in [-0.1, -0.05) is 13.8 Å². The highest BCUT2D eigenvalue weighted by Crippen LogP contribution is 2.25. The van der Waals surface area contributed by atoms with E-state index in [-0.39, 0.29) is 6.61 Å². The van der Waals surface area contributed by atoms with Gasteiger partial charge < -0.3 is 20.7 Å². The summed E-state index contributed by atoms with van der Waals surface area (Å²) in [5, 5.41) is 4.30. The smallest absolute Gasteiger partial charge is 0.255 e. The molecular weight excluding hydrogens is 294 g/mol. The second kappa shape index (κ2) is 8.28. The Morgan fingerprint density at radius 3 is 2.74 bits per heavy atom. The first-order valence-electron chi connectivity index (χ1n) is 7.86. The molecule has 7 nitrogen and oxygen atoms in total. The summed E-state index contributed by atoms with van der Waals surface area (Å²) < 4.78 is 5.23. The fourth-order valence-corrected chi connectivity index (χ4v) is 2.37. The molecule has 0 spiro atoms. The van der Waals surface area contributed by atoms with Gasteiger partial charge >= 0.3 is 0 Å². The van der Waals surface area contributed by atoms with Crippen LogP contribution in [-0.4, -0.2) is 48.7 Å². The average Bonchev–Trinajstić information content (AvgIpc) is 2.61. The molecule has 2 aromatic heterocycles. The number of aromatic nitrogens is 2. The summed E-state index contributed by atoms with van der Waals surface area (Å²) in [6.07, 6.45) is 1.74. The van der Waals surface area contributed by atoms with Gasteiger partial charge in [-0.2, -0.15) is 0 Å². The lowest BCUT2D eigenvalue weighted by Gasteiger charge is -2.29. The average molecular weight is 317 g/mol. The number of nitrogens with one attached hydrogen (secondary N) is 1. The Morgan fingerprint density at radius 1 is 1.30 bits per heavy atom. The van der Waals surface area contributed by atoms with Crippen LogP contribution in [0.4, 0.5) is 5.82 Å². The molecule has 0 aromatic carbocycles. The van der Waals surface area contributed by atoms with Crippen molar-refractivity contribution < 1.29 is 9.53 Å². The number of carbonyl (C=O) groups excluding carboxylic acids is 1. The molecule has 0 saturated carbocycles. The number of fused-ring (bicyclic) bond motifs is 1. The van der Waals surface area contributed by atoms with Crippen molar-refractivity contribution in [2.75, 3.05) is 37.7 Å². The highest BCUT2D eigenvalue weighted by atomic mass is 16.5. The van der Waals surface area contributed by atoms with Gasteiger partial charge in [0.1, 0.15) is 5.82 Å². The van der Waals surface area contributed by atoms with Crippen molar-refractivity contribution in [3.8, 4) is 5.88 Å². The minimum atomic E-state index is -0.520. The largest absolute Gasteiger partial charge is 0.468 e. The van der Waals surface area contributed by atoms with Gasteiger partial charge in [0.25, 0.3) is 5.91 Å². The number of rotatable bonds is 4. The first kappa shape index (κ1) is 17.0. The molecule has 23 heavy (non-hydrogen) atoms. The van der Waals surface area contributed by atoms with Crippen LogP contribution in [0.15, 0.2) is 24.4 Å². The molecule has 1 fully saturated rings. The molecule has 3 rings (SSSR count). The van der Waals surface area contributed by atoms with Gasteiger partial charge in [0.15, 0.2) is 6.61 Å². The second-order valence-electron chi connectivity index (χ2n) is 4.84. The molecule has 124 valence electrons. The number of carbonyl (C=O) groups is 1. The summed E-state index contributed by atoms with van der Waals surface area (Å²) in [4.78, 5) is 21.9. The number of pyridine rings is 2. The van der Waals surface area contributed by atoms with Crippen LogP contribution in [0.1, 0.15) is 13.8 Å². The van der Waals surface area contributed by atoms with Crippen LogP contribution < -0.4 is 20.7 Å². The second-order valence-corrected chi connectivity index (χ2v) is 4.84. The monoisotopic (exact) mass is 317 g/mol. The SMILES string of the molecule is CC.NC(=O)COc1ccc2c(N3CCNCC3)nccc2n1. The van der Waals surface area contributed by atoms with Crippen molar-refractivity contribution in [3.63, 3.8) is 0 Å². The van der Waals surface area contributed by atoms with E-state index in [9.17, 15) is 4.79 Å². The van der Waals surface area contributed by atoms with Crippen LogP contribution in [0.25, 0.3) is 10.9 Å². The molecule has 2 aromatic rings. The minimum Gasteiger partial charge on any atom is -0.468 e. The number of hydrogen-bond donors (Lipinski definition) is 2. The van der Waals surface area contributed by atoms with Crippen molar-refractivity contribution in [1.82, 2.24) is 15.3 Å². The Labute approximate surface area is 135 Å². The fourth-order valence-electron chi connectivity index (χ4n) is 2.37. The van der Waals surface area contributed by atoms with Crippen LogP contribution in [0.2, 0.25) is 0 Å². The summed E-state index contributed by atoms with van der Waals surface area (Å²) in [6.45, 7) is 7.57. The Morgan fingerprint density at radius 2 is 2.04 bits per heavy atom. The number of amides is 1. The number of nitrogens with two attached hydrogens (primary N) is 1. The van der Waals surface area contributed by atoms with Gasteiger partial charge in [-0.05, 0) is 12.1 Å². The molecule has 0 aliphatic carbocycles. The third-order valence-corrected chi connectivity index (χ3v) is 3.35. The molecular formula is C16H23N5O2. The van der Waals surface area contributed by atoms with Crippen LogP contribution in [-0.2, 0) is 4.79 Å². The maximum Gasteiger partial charge on any atom is 0.255 e. The van der Waals surface area contributed by atoms with Gasteiger partial charge in [0.05, 0.1) is 5.52 Å². The Kier molecular flexibility index (Phi) is 6.10. The van der Waals surface area contributed by atoms with Crippen molar-refractivity contribution in [2.24, 2.45) is 5.73 Å². The van der Waals surface area contributed by atoms with Gasteiger partial charge in [-0.15, -0.1) is 0 Å². The lowest BCUT2D eigenvalue weighted by atomic mass is 10.2. The number of primary amides is 1. The summed E-state index contributed by atoms with van der Waals surface area (Å²) in [5.74, 6) is 0.801. The Balaban J connectivity index is 0.000000924. The van der Waals surface area contributed by atoms with Crippen molar-refractivity contribution >= 4 is 22.6 Å². The Bertz CT molecular complexity index is 656. The van der Waals surface area contributed by atoms with E-state index in [4.69, 9.17) is 10.5 Å². The van der Waals surface area contributed by atoms with E-state index < -0.39 is 5.91 Å². The molecule has 0 atom stereocenters. The summed E-state index contributed by atoms with van der Waals surface area (Å²) in [7, 11) is 0. The molecule has 1 saturated heterocycles. The van der Waals surface area contributed by atoms with Crippen molar-refractivity contribution in [2.45, 2.75) is 13.8 Å². The third-order valence-electron chi connectivity index (χ3n) is 3.35. The minimum absolute atomic E-state index is 0.172. The zero-order valence-electron chi connectivity index (χ0n) is 13.6. The summed E-state index contributed by atoms with van der Waals surface area (Å²) in [5.41, 5.74) is 5.85. The third kappa shape index (κ3) is 4.29. The Hall–Kier alpha value is -2.41. The van der Waals surface area contributed by atoms with Gasteiger partial charge in [0, 0.05) is 43.8 Å². The van der Waals surface area contributed by atoms with Crippen LogP contribution >= 0.6 is 0 Å². The standard InChI is InChI=1S/C14H17N5O2.C2H6/c15-12(20)9-21-13-2-1-10-11(18-13)3-4-17-14(10)19-7-5-16-6-8-19;1-2/h1-4,16H,5-9H2,(H2,15,20);1-2H3. The first-order chi connectivity index (χ1) is 11.2. The van der Waals surface area contributed by atoms with E-state index in [1.54, 1.807) is 12.3 Å². The van der Waals surface area contributed by atoms with E-state index in [0.29, 0.717) is 5.88 Å². The molecule has 1 aliphatic heterocycles. The molecule has 1 aliphatic rings. The quantitative estimate of drug-likeness (QED) is 0.871. The van der Waals surface area contributed by atoms with E-state index in [1.165, 1.54) is 0 Å². The van der Waals surface area contributed by atoms with Gasteiger partial charge in [0.2, 0.25) is 5.88 Å². The van der Waals surface area contributed by atoms with Gasteiger partial charge in [-0.25, -0.2) is 9.97 Å². The molecule has 3 heterocycles.